The number of nitro groups is 1. The highest BCUT2D eigenvalue weighted by molar-refractivity contribution is 6.10. The minimum absolute atomic E-state index is 0.00409. The van der Waals surface area contributed by atoms with Crippen LogP contribution in [0.3, 0.4) is 0 Å². The fraction of sp³-hybridized carbons (Fsp3) is 0.207. The van der Waals surface area contributed by atoms with Gasteiger partial charge in [-0.15, -0.1) is 0 Å². The first kappa shape index (κ1) is 27.2. The molecule has 41 heavy (non-hydrogen) atoms. The molecule has 0 N–H and O–H groups in total. The van der Waals surface area contributed by atoms with E-state index in [9.17, 15) is 34.1 Å². The Morgan fingerprint density at radius 3 is 2.32 bits per heavy atom. The minimum atomic E-state index is -0.849. The maximum absolute atomic E-state index is 13.6. The van der Waals surface area contributed by atoms with Crippen LogP contribution in [0.2, 0.25) is 0 Å². The molecule has 0 unspecified atom stereocenters. The Hall–Kier alpha value is -5.39. The van der Waals surface area contributed by atoms with Crippen molar-refractivity contribution < 1.29 is 38.1 Å². The van der Waals surface area contributed by atoms with Crippen LogP contribution in [0.25, 0.3) is 0 Å². The topological polar surface area (TPSA) is 157 Å². The third kappa shape index (κ3) is 5.26. The summed E-state index contributed by atoms with van der Waals surface area (Å²) in [5.74, 6) is -4.86. The molecule has 3 aromatic rings. The molecule has 0 spiro atoms. The van der Waals surface area contributed by atoms with Gasteiger partial charge in [-0.1, -0.05) is 19.1 Å². The van der Waals surface area contributed by atoms with E-state index in [0.29, 0.717) is 6.42 Å². The van der Waals surface area contributed by atoms with Gasteiger partial charge in [-0.05, 0) is 60.9 Å². The SMILES string of the molecule is C[C@@H]1C=CC[C@H]2C(=O)N(N(CC(=O)c3ccc(OC(=O)c4ccco4)cc3)C(=O)c3ccc([N+](=O)[O-])cc3)C(=O)[C@H]12. The first-order valence-corrected chi connectivity index (χ1v) is 12.7. The number of nitrogens with zero attached hydrogens (tertiary/aromatic N) is 3. The van der Waals surface area contributed by atoms with Crippen LogP contribution < -0.4 is 4.74 Å². The van der Waals surface area contributed by atoms with E-state index < -0.39 is 52.8 Å². The van der Waals surface area contributed by atoms with Crippen LogP contribution in [0.15, 0.2) is 83.5 Å². The Balaban J connectivity index is 1.41. The maximum atomic E-state index is 13.6. The van der Waals surface area contributed by atoms with Gasteiger partial charge in [-0.3, -0.25) is 29.3 Å². The smallest absolute Gasteiger partial charge is 0.379 e. The number of furan rings is 1. The molecule has 3 amide bonds. The number of nitro benzene ring substituents is 1. The standard InChI is InChI=1S/C29H23N3O9/c1-17-4-2-5-22-25(17)28(36)31(27(22)35)30(26(34)19-7-11-20(12-8-19)32(38)39)16-23(33)18-9-13-21(14-10-18)41-29(37)24-6-3-15-40-24/h2-4,6-15,17,22,25H,5,16H2,1H3/t17-,22-,25-/m1/s1. The predicted octanol–water partition coefficient (Wildman–Crippen LogP) is 3.84. The van der Waals surface area contributed by atoms with Crippen molar-refractivity contribution >= 4 is 35.2 Å². The normalized spacial score (nSPS) is 19.5. The highest BCUT2D eigenvalue weighted by Gasteiger charge is 2.53. The lowest BCUT2D eigenvalue weighted by atomic mass is 9.78. The van der Waals surface area contributed by atoms with Gasteiger partial charge < -0.3 is 9.15 Å². The summed E-state index contributed by atoms with van der Waals surface area (Å²) < 4.78 is 10.2. The van der Waals surface area contributed by atoms with Crippen molar-refractivity contribution in [3.8, 4) is 5.75 Å². The molecule has 1 aliphatic heterocycles. The van der Waals surface area contributed by atoms with Crippen molar-refractivity contribution in [3.63, 3.8) is 0 Å². The summed E-state index contributed by atoms with van der Waals surface area (Å²) in [7, 11) is 0. The van der Waals surface area contributed by atoms with E-state index >= 15 is 0 Å². The number of imide groups is 1. The molecule has 12 heteroatoms. The van der Waals surface area contributed by atoms with Crippen LogP contribution in [0.1, 0.15) is 44.6 Å². The van der Waals surface area contributed by atoms with Gasteiger partial charge in [-0.2, -0.15) is 5.01 Å². The summed E-state index contributed by atoms with van der Waals surface area (Å²) >= 11 is 0. The molecular formula is C29H23N3O9. The largest absolute Gasteiger partial charge is 0.457 e. The lowest BCUT2D eigenvalue weighted by Gasteiger charge is -2.30. The van der Waals surface area contributed by atoms with E-state index in [2.05, 4.69) is 0 Å². The van der Waals surface area contributed by atoms with Crippen molar-refractivity contribution in [2.75, 3.05) is 6.54 Å². The number of Topliss-reactive ketones (excluding diaryl/α,β-unsaturated/α-hetero) is 1. The number of hydrogen-bond donors (Lipinski definition) is 0. The number of carbonyl (C=O) groups is 5. The first-order valence-electron chi connectivity index (χ1n) is 12.7. The number of fused-ring (bicyclic) bond motifs is 1. The quantitative estimate of drug-likeness (QED) is 0.0763. The molecule has 1 aliphatic carbocycles. The number of rotatable bonds is 8. The van der Waals surface area contributed by atoms with E-state index in [1.807, 2.05) is 12.2 Å². The summed E-state index contributed by atoms with van der Waals surface area (Å²) in [6, 6.07) is 13.1. The number of esters is 1. The Morgan fingerprint density at radius 1 is 1.02 bits per heavy atom. The van der Waals surface area contributed by atoms with E-state index in [4.69, 9.17) is 9.15 Å². The number of carbonyl (C=O) groups excluding carboxylic acids is 5. The summed E-state index contributed by atoms with van der Waals surface area (Å²) in [6.45, 7) is 1.13. The van der Waals surface area contributed by atoms with Gasteiger partial charge in [0.25, 0.3) is 23.4 Å². The molecule has 1 aromatic heterocycles. The molecule has 208 valence electrons. The molecule has 1 fully saturated rings. The van der Waals surface area contributed by atoms with E-state index in [-0.39, 0.29) is 34.2 Å². The Kier molecular flexibility index (Phi) is 7.30. The minimum Gasteiger partial charge on any atom is -0.457 e. The molecule has 2 aromatic carbocycles. The van der Waals surface area contributed by atoms with Crippen LogP contribution in [0.4, 0.5) is 5.69 Å². The zero-order chi connectivity index (χ0) is 29.3. The summed E-state index contributed by atoms with van der Waals surface area (Å²) in [5, 5.41) is 12.6. The van der Waals surface area contributed by atoms with E-state index in [1.165, 1.54) is 54.8 Å². The fourth-order valence-corrected chi connectivity index (χ4v) is 4.97. The van der Waals surface area contributed by atoms with Crippen LogP contribution in [0, 0.1) is 27.9 Å². The summed E-state index contributed by atoms with van der Waals surface area (Å²) in [4.78, 5) is 76.4. The number of ether oxygens (including phenoxy) is 1. The van der Waals surface area contributed by atoms with E-state index in [0.717, 1.165) is 22.2 Å². The molecular weight excluding hydrogens is 534 g/mol. The van der Waals surface area contributed by atoms with Crippen LogP contribution in [-0.4, -0.2) is 51.0 Å². The van der Waals surface area contributed by atoms with Crippen LogP contribution in [-0.2, 0) is 9.59 Å². The lowest BCUT2D eigenvalue weighted by Crippen LogP contribution is -2.52. The van der Waals surface area contributed by atoms with Crippen molar-refractivity contribution in [1.82, 2.24) is 10.0 Å². The number of ketones is 1. The fourth-order valence-electron chi connectivity index (χ4n) is 4.97. The Labute approximate surface area is 232 Å². The molecule has 1 saturated heterocycles. The zero-order valence-corrected chi connectivity index (χ0v) is 21.7. The second kappa shape index (κ2) is 11.0. The van der Waals surface area contributed by atoms with Crippen LogP contribution >= 0.6 is 0 Å². The summed E-state index contributed by atoms with van der Waals surface area (Å²) in [5.41, 5.74) is -0.183. The highest BCUT2D eigenvalue weighted by atomic mass is 16.6. The molecule has 0 radical (unpaired) electrons. The van der Waals surface area contributed by atoms with Gasteiger partial charge in [0.15, 0.2) is 5.78 Å². The van der Waals surface area contributed by atoms with Crippen molar-refractivity contribution in [1.29, 1.82) is 0 Å². The first-order chi connectivity index (χ1) is 19.7. The van der Waals surface area contributed by atoms with Gasteiger partial charge in [0.2, 0.25) is 5.76 Å². The van der Waals surface area contributed by atoms with Gasteiger partial charge in [-0.25, -0.2) is 9.80 Å². The third-order valence-corrected chi connectivity index (χ3v) is 7.05. The average Bonchev–Trinajstić information content (AvgIpc) is 3.60. The Morgan fingerprint density at radius 2 is 1.71 bits per heavy atom. The zero-order valence-electron chi connectivity index (χ0n) is 21.7. The molecule has 12 nitrogen and oxygen atoms in total. The number of benzene rings is 2. The molecule has 3 atom stereocenters. The van der Waals surface area contributed by atoms with Gasteiger partial charge >= 0.3 is 5.97 Å². The van der Waals surface area contributed by atoms with Crippen LogP contribution in [0.5, 0.6) is 5.75 Å². The van der Waals surface area contributed by atoms with Gasteiger partial charge in [0.05, 0.1) is 23.0 Å². The summed E-state index contributed by atoms with van der Waals surface area (Å²) in [6.07, 6.45) is 5.30. The second-order valence-electron chi connectivity index (χ2n) is 9.62. The monoisotopic (exact) mass is 557 g/mol. The van der Waals surface area contributed by atoms with Gasteiger partial charge in [0, 0.05) is 23.3 Å². The predicted molar refractivity (Wildman–Crippen MR) is 140 cm³/mol. The number of non-ortho nitro benzene ring substituents is 1. The Bertz CT molecular complexity index is 1560. The molecule has 0 saturated carbocycles. The lowest BCUT2D eigenvalue weighted by molar-refractivity contribution is -0.384. The third-order valence-electron chi connectivity index (χ3n) is 7.05. The van der Waals surface area contributed by atoms with Crippen molar-refractivity contribution in [3.05, 3.63) is 106 Å². The number of amides is 3. The number of hydrogen-bond acceptors (Lipinski definition) is 9. The molecule has 0 bridgehead atoms. The van der Waals surface area contributed by atoms with Crippen molar-refractivity contribution in [2.45, 2.75) is 13.3 Å². The van der Waals surface area contributed by atoms with E-state index in [1.54, 1.807) is 6.92 Å². The maximum Gasteiger partial charge on any atom is 0.379 e. The van der Waals surface area contributed by atoms with Crippen molar-refractivity contribution in [2.24, 2.45) is 17.8 Å². The molecule has 5 rings (SSSR count). The second-order valence-corrected chi connectivity index (χ2v) is 9.62. The molecule has 2 heterocycles. The molecule has 2 aliphatic rings. The number of allylic oxidation sites excluding steroid dienone is 2. The average molecular weight is 558 g/mol. The van der Waals surface area contributed by atoms with Gasteiger partial charge in [0.1, 0.15) is 12.3 Å². The highest BCUT2D eigenvalue weighted by Crippen LogP contribution is 2.39. The number of hydrazine groups is 1.